The Morgan fingerprint density at radius 1 is 1.62 bits per heavy atom. The summed E-state index contributed by atoms with van der Waals surface area (Å²) in [6, 6.07) is 0. The van der Waals surface area contributed by atoms with E-state index in [2.05, 4.69) is 26.1 Å². The van der Waals surface area contributed by atoms with Crippen molar-refractivity contribution < 1.29 is 9.26 Å². The highest BCUT2D eigenvalue weighted by molar-refractivity contribution is 9.10. The molecular weight excluding hydrogens is 236 g/mol. The minimum Gasteiger partial charge on any atom is -0.378 e. The Balaban J connectivity index is 2.04. The molecule has 0 N–H and O–H groups in total. The van der Waals surface area contributed by atoms with Crippen LogP contribution in [-0.4, -0.2) is 22.9 Å². The summed E-state index contributed by atoms with van der Waals surface area (Å²) in [6.45, 7) is 0. The third-order valence-corrected chi connectivity index (χ3v) is 2.94. The highest BCUT2D eigenvalue weighted by Gasteiger charge is 2.38. The van der Waals surface area contributed by atoms with Gasteiger partial charge in [0, 0.05) is 7.11 Å². The topological polar surface area (TPSA) is 48.2 Å². The summed E-state index contributed by atoms with van der Waals surface area (Å²) in [5.74, 6) is 0.647. The van der Waals surface area contributed by atoms with Crippen LogP contribution in [0, 0.1) is 0 Å². The van der Waals surface area contributed by atoms with E-state index in [4.69, 9.17) is 9.26 Å². The number of methoxy groups -OCH3 is 1. The number of halogens is 1. The summed E-state index contributed by atoms with van der Waals surface area (Å²) in [7, 11) is 1.74. The van der Waals surface area contributed by atoms with Crippen molar-refractivity contribution in [3.8, 4) is 0 Å². The first-order valence-corrected chi connectivity index (χ1v) is 5.07. The van der Waals surface area contributed by atoms with Gasteiger partial charge in [-0.25, -0.2) is 0 Å². The molecule has 2 rings (SSSR count). The number of rotatable bonds is 3. The van der Waals surface area contributed by atoms with Crippen LogP contribution in [-0.2, 0) is 11.2 Å². The standard InChI is InChI=1S/C8H11BrN2O2/c1-12-8(3-2-4-8)5-6-10-7(9)11-13-6/h2-5H2,1H3. The lowest BCUT2D eigenvalue weighted by Gasteiger charge is -2.39. The van der Waals surface area contributed by atoms with Gasteiger partial charge in [-0.1, -0.05) is 0 Å². The first kappa shape index (κ1) is 9.15. The van der Waals surface area contributed by atoms with E-state index in [9.17, 15) is 0 Å². The average Bonchev–Trinajstić information content (AvgIpc) is 2.44. The maximum absolute atomic E-state index is 5.44. The van der Waals surface area contributed by atoms with E-state index in [1.54, 1.807) is 7.11 Å². The monoisotopic (exact) mass is 246 g/mol. The molecule has 72 valence electrons. The van der Waals surface area contributed by atoms with Crippen molar-refractivity contribution in [1.29, 1.82) is 0 Å². The van der Waals surface area contributed by atoms with Crippen LogP contribution >= 0.6 is 15.9 Å². The van der Waals surface area contributed by atoms with E-state index >= 15 is 0 Å². The zero-order valence-electron chi connectivity index (χ0n) is 7.42. The van der Waals surface area contributed by atoms with Gasteiger partial charge < -0.3 is 9.26 Å². The summed E-state index contributed by atoms with van der Waals surface area (Å²) < 4.78 is 11.0. The molecule has 0 spiro atoms. The highest BCUT2D eigenvalue weighted by Crippen LogP contribution is 2.37. The maximum Gasteiger partial charge on any atom is 0.238 e. The normalized spacial score (nSPS) is 19.8. The van der Waals surface area contributed by atoms with Crippen molar-refractivity contribution >= 4 is 15.9 Å². The van der Waals surface area contributed by atoms with Gasteiger partial charge in [0.1, 0.15) is 0 Å². The van der Waals surface area contributed by atoms with Gasteiger partial charge in [0.05, 0.1) is 12.0 Å². The first-order valence-electron chi connectivity index (χ1n) is 4.27. The van der Waals surface area contributed by atoms with Crippen LogP contribution in [0.3, 0.4) is 0 Å². The largest absolute Gasteiger partial charge is 0.378 e. The molecule has 0 unspecified atom stereocenters. The van der Waals surface area contributed by atoms with Crippen molar-refractivity contribution in [3.63, 3.8) is 0 Å². The highest BCUT2D eigenvalue weighted by atomic mass is 79.9. The number of aromatic nitrogens is 2. The van der Waals surface area contributed by atoms with Crippen molar-refractivity contribution in [2.45, 2.75) is 31.3 Å². The molecule has 1 saturated carbocycles. The molecule has 1 aliphatic carbocycles. The lowest BCUT2D eigenvalue weighted by atomic mass is 9.77. The van der Waals surface area contributed by atoms with Crippen molar-refractivity contribution in [2.75, 3.05) is 7.11 Å². The lowest BCUT2D eigenvalue weighted by molar-refractivity contribution is -0.0751. The molecule has 0 saturated heterocycles. The fourth-order valence-corrected chi connectivity index (χ4v) is 1.88. The Morgan fingerprint density at radius 3 is 2.77 bits per heavy atom. The smallest absolute Gasteiger partial charge is 0.238 e. The van der Waals surface area contributed by atoms with E-state index in [0.29, 0.717) is 10.6 Å². The molecule has 0 aliphatic heterocycles. The van der Waals surface area contributed by atoms with Gasteiger partial charge in [0.25, 0.3) is 0 Å². The van der Waals surface area contributed by atoms with Crippen LogP contribution in [0.1, 0.15) is 25.2 Å². The molecule has 5 heteroatoms. The van der Waals surface area contributed by atoms with Crippen LogP contribution in [0.25, 0.3) is 0 Å². The summed E-state index contributed by atoms with van der Waals surface area (Å²) in [4.78, 5) is 4.08. The Bertz CT molecular complexity index is 291. The van der Waals surface area contributed by atoms with Crippen LogP contribution in [0.15, 0.2) is 9.26 Å². The summed E-state index contributed by atoms with van der Waals surface area (Å²) >= 11 is 3.14. The van der Waals surface area contributed by atoms with E-state index in [1.165, 1.54) is 6.42 Å². The van der Waals surface area contributed by atoms with Gasteiger partial charge in [0.2, 0.25) is 10.6 Å². The summed E-state index contributed by atoms with van der Waals surface area (Å²) in [5, 5.41) is 3.67. The summed E-state index contributed by atoms with van der Waals surface area (Å²) in [6.07, 6.45) is 4.12. The number of nitrogens with zero attached hydrogens (tertiary/aromatic N) is 2. The zero-order valence-corrected chi connectivity index (χ0v) is 9.00. The Kier molecular flexibility index (Phi) is 2.38. The van der Waals surface area contributed by atoms with Gasteiger partial charge in [-0.3, -0.25) is 0 Å². The molecule has 1 aromatic heterocycles. The van der Waals surface area contributed by atoms with E-state index in [1.807, 2.05) is 0 Å². The third kappa shape index (κ3) is 1.76. The molecule has 0 bridgehead atoms. The van der Waals surface area contributed by atoms with Crippen molar-refractivity contribution in [1.82, 2.24) is 10.1 Å². The summed E-state index contributed by atoms with van der Waals surface area (Å²) in [5.41, 5.74) is -0.0357. The zero-order chi connectivity index (χ0) is 9.31. The van der Waals surface area contributed by atoms with E-state index in [0.717, 1.165) is 19.3 Å². The predicted octanol–water partition coefficient (Wildman–Crippen LogP) is 1.94. The van der Waals surface area contributed by atoms with Crippen molar-refractivity contribution in [2.24, 2.45) is 0 Å². The van der Waals surface area contributed by atoms with Gasteiger partial charge in [-0.05, 0) is 40.3 Å². The predicted molar refractivity (Wildman–Crippen MR) is 49.3 cm³/mol. The second kappa shape index (κ2) is 3.38. The van der Waals surface area contributed by atoms with E-state index < -0.39 is 0 Å². The molecule has 0 amide bonds. The average molecular weight is 247 g/mol. The van der Waals surface area contributed by atoms with Crippen LogP contribution in [0.5, 0.6) is 0 Å². The van der Waals surface area contributed by atoms with Gasteiger partial charge in [-0.15, -0.1) is 0 Å². The molecule has 1 heterocycles. The molecule has 1 fully saturated rings. The Labute approximate surface area is 84.8 Å². The molecule has 13 heavy (non-hydrogen) atoms. The molecule has 0 aromatic carbocycles. The minimum absolute atomic E-state index is 0.0357. The quantitative estimate of drug-likeness (QED) is 0.818. The molecule has 0 atom stereocenters. The fourth-order valence-electron chi connectivity index (χ4n) is 1.61. The van der Waals surface area contributed by atoms with E-state index in [-0.39, 0.29) is 5.60 Å². The number of hydrogen-bond acceptors (Lipinski definition) is 4. The minimum atomic E-state index is -0.0357. The lowest BCUT2D eigenvalue weighted by Crippen LogP contribution is -2.41. The van der Waals surface area contributed by atoms with Gasteiger partial charge in [0.15, 0.2) is 0 Å². The molecule has 1 aromatic rings. The molecule has 4 nitrogen and oxygen atoms in total. The fraction of sp³-hybridized carbons (Fsp3) is 0.750. The number of ether oxygens (including phenoxy) is 1. The van der Waals surface area contributed by atoms with Crippen LogP contribution in [0.2, 0.25) is 0 Å². The third-order valence-electron chi connectivity index (χ3n) is 2.61. The first-order chi connectivity index (χ1) is 6.24. The van der Waals surface area contributed by atoms with Gasteiger partial charge >= 0.3 is 0 Å². The SMILES string of the molecule is COC1(Cc2nc(Br)no2)CCC1. The van der Waals surface area contributed by atoms with Gasteiger partial charge in [-0.2, -0.15) is 4.98 Å². The molecule has 1 aliphatic rings. The Morgan fingerprint density at radius 2 is 2.38 bits per heavy atom. The maximum atomic E-state index is 5.44. The molecular formula is C8H11BrN2O2. The number of hydrogen-bond donors (Lipinski definition) is 0. The second-order valence-electron chi connectivity index (χ2n) is 3.37. The molecule has 0 radical (unpaired) electrons. The second-order valence-corrected chi connectivity index (χ2v) is 4.08. The van der Waals surface area contributed by atoms with Crippen LogP contribution in [0.4, 0.5) is 0 Å². The Hall–Kier alpha value is -0.420. The van der Waals surface area contributed by atoms with Crippen molar-refractivity contribution in [3.05, 3.63) is 10.6 Å². The van der Waals surface area contributed by atoms with Crippen LogP contribution < -0.4 is 0 Å².